The van der Waals surface area contributed by atoms with E-state index in [0.717, 1.165) is 43.9 Å². The Kier molecular flexibility index (Phi) is 6.68. The number of hydrogen-bond donors (Lipinski definition) is 0. The molecule has 0 spiro atoms. The van der Waals surface area contributed by atoms with Crippen LogP contribution >= 0.6 is 11.3 Å². The first-order chi connectivity index (χ1) is 24.8. The maximum absolute atomic E-state index is 5.21. The first-order valence-corrected chi connectivity index (χ1v) is 17.7. The van der Waals surface area contributed by atoms with Crippen molar-refractivity contribution in [3.05, 3.63) is 176 Å². The Morgan fingerprint density at radius 1 is 0.440 bits per heavy atom. The highest BCUT2D eigenvalue weighted by Gasteiger charge is 2.19. The van der Waals surface area contributed by atoms with Gasteiger partial charge in [0.1, 0.15) is 0 Å². The molecule has 50 heavy (non-hydrogen) atoms. The van der Waals surface area contributed by atoms with Crippen molar-refractivity contribution in [2.45, 2.75) is 0 Å². The van der Waals surface area contributed by atoms with Crippen LogP contribution in [-0.4, -0.2) is 14.5 Å². The Bertz CT molecular complexity index is 2850. The summed E-state index contributed by atoms with van der Waals surface area (Å²) in [7, 11) is 0. The SMILES string of the molecule is c1ccc(-c2nc(-c3ccccc3)c3sc4ccc(-c5cccc(-c6cccc7c6c6ccccc6n7-c6ccccc6)c5)cc4c3n2)cc1. The quantitative estimate of drug-likeness (QED) is 0.185. The summed E-state index contributed by atoms with van der Waals surface area (Å²) in [6.45, 7) is 0. The molecule has 0 aliphatic rings. The minimum absolute atomic E-state index is 0.742. The number of nitrogens with zero attached hydrogens (tertiary/aromatic N) is 3. The van der Waals surface area contributed by atoms with E-state index in [4.69, 9.17) is 9.97 Å². The Balaban J connectivity index is 1.15. The summed E-state index contributed by atoms with van der Waals surface area (Å²) < 4.78 is 4.69. The molecule has 3 heterocycles. The molecule has 0 bridgehead atoms. The van der Waals surface area contributed by atoms with Crippen LogP contribution in [0, 0.1) is 0 Å². The zero-order valence-corrected chi connectivity index (χ0v) is 27.8. The van der Waals surface area contributed by atoms with Crippen molar-refractivity contribution < 1.29 is 0 Å². The van der Waals surface area contributed by atoms with Gasteiger partial charge in [-0.05, 0) is 64.7 Å². The number of thiophene rings is 1. The second kappa shape index (κ2) is 11.7. The molecule has 3 aromatic heterocycles. The lowest BCUT2D eigenvalue weighted by Gasteiger charge is -2.10. The molecule has 0 atom stereocenters. The number of para-hydroxylation sites is 2. The molecular weight excluding hydrogens is 627 g/mol. The summed E-state index contributed by atoms with van der Waals surface area (Å²) in [6, 6.07) is 62.6. The Labute approximate surface area is 293 Å². The number of fused-ring (bicyclic) bond motifs is 6. The van der Waals surface area contributed by atoms with Crippen LogP contribution in [0.4, 0.5) is 0 Å². The second-order valence-electron chi connectivity index (χ2n) is 12.6. The summed E-state index contributed by atoms with van der Waals surface area (Å²) in [4.78, 5) is 10.3. The maximum atomic E-state index is 5.21. The van der Waals surface area contributed by atoms with Gasteiger partial charge in [0.2, 0.25) is 0 Å². The zero-order chi connectivity index (χ0) is 33.0. The Morgan fingerprint density at radius 3 is 1.90 bits per heavy atom. The monoisotopic (exact) mass is 655 g/mol. The van der Waals surface area contributed by atoms with E-state index in [0.29, 0.717) is 0 Å². The average Bonchev–Trinajstić information content (AvgIpc) is 3.74. The van der Waals surface area contributed by atoms with Gasteiger partial charge in [0.15, 0.2) is 5.82 Å². The van der Waals surface area contributed by atoms with Gasteiger partial charge in [-0.2, -0.15) is 0 Å². The van der Waals surface area contributed by atoms with Gasteiger partial charge < -0.3 is 4.57 Å². The summed E-state index contributed by atoms with van der Waals surface area (Å²) in [6.07, 6.45) is 0. The van der Waals surface area contributed by atoms with Crippen LogP contribution < -0.4 is 0 Å². The fourth-order valence-electron chi connectivity index (χ4n) is 7.31. The van der Waals surface area contributed by atoms with Gasteiger partial charge in [-0.3, -0.25) is 0 Å². The van der Waals surface area contributed by atoms with Crippen LogP contribution in [0.15, 0.2) is 176 Å². The van der Waals surface area contributed by atoms with E-state index in [1.54, 1.807) is 11.3 Å². The third kappa shape index (κ3) is 4.65. The molecular formula is C46H29N3S. The van der Waals surface area contributed by atoms with E-state index in [1.165, 1.54) is 48.8 Å². The molecule has 0 saturated carbocycles. The minimum Gasteiger partial charge on any atom is -0.309 e. The largest absolute Gasteiger partial charge is 0.309 e. The van der Waals surface area contributed by atoms with Crippen LogP contribution in [-0.2, 0) is 0 Å². The van der Waals surface area contributed by atoms with Gasteiger partial charge >= 0.3 is 0 Å². The third-order valence-corrected chi connectivity index (χ3v) is 10.8. The molecule has 0 aliphatic heterocycles. The summed E-state index contributed by atoms with van der Waals surface area (Å²) in [5.74, 6) is 0.742. The summed E-state index contributed by atoms with van der Waals surface area (Å²) >= 11 is 1.77. The predicted octanol–water partition coefficient (Wildman–Crippen LogP) is 12.6. The summed E-state index contributed by atoms with van der Waals surface area (Å²) in [5.41, 5.74) is 12.4. The van der Waals surface area contributed by atoms with Crippen molar-refractivity contribution in [1.29, 1.82) is 0 Å². The molecule has 10 rings (SSSR count). The van der Waals surface area contributed by atoms with Crippen LogP contribution in [0.5, 0.6) is 0 Å². The van der Waals surface area contributed by atoms with Gasteiger partial charge in [-0.1, -0.05) is 133 Å². The van der Waals surface area contributed by atoms with Gasteiger partial charge in [-0.25, -0.2) is 9.97 Å². The molecule has 0 saturated heterocycles. The first-order valence-electron chi connectivity index (χ1n) is 16.8. The lowest BCUT2D eigenvalue weighted by atomic mass is 9.95. The molecule has 234 valence electrons. The first kappa shape index (κ1) is 28.6. The molecule has 0 radical (unpaired) electrons. The number of hydrogen-bond acceptors (Lipinski definition) is 3. The van der Waals surface area contributed by atoms with Gasteiger partial charge in [0.05, 0.1) is 26.9 Å². The van der Waals surface area contributed by atoms with Crippen molar-refractivity contribution in [2.24, 2.45) is 0 Å². The highest BCUT2D eigenvalue weighted by Crippen LogP contribution is 2.42. The molecule has 4 heteroatoms. The van der Waals surface area contributed by atoms with E-state index in [-0.39, 0.29) is 0 Å². The molecule has 3 nitrogen and oxygen atoms in total. The minimum atomic E-state index is 0.742. The van der Waals surface area contributed by atoms with Crippen molar-refractivity contribution in [3.8, 4) is 50.6 Å². The molecule has 0 fully saturated rings. The third-order valence-electron chi connectivity index (χ3n) is 9.61. The zero-order valence-electron chi connectivity index (χ0n) is 27.0. The van der Waals surface area contributed by atoms with E-state index >= 15 is 0 Å². The van der Waals surface area contributed by atoms with Crippen LogP contribution in [0.3, 0.4) is 0 Å². The fourth-order valence-corrected chi connectivity index (χ4v) is 8.45. The predicted molar refractivity (Wildman–Crippen MR) is 211 cm³/mol. The molecule has 10 aromatic rings. The van der Waals surface area contributed by atoms with E-state index in [2.05, 4.69) is 156 Å². The Morgan fingerprint density at radius 2 is 1.08 bits per heavy atom. The van der Waals surface area contributed by atoms with Crippen molar-refractivity contribution >= 4 is 53.4 Å². The lowest BCUT2D eigenvalue weighted by Crippen LogP contribution is -1.93. The molecule has 0 N–H and O–H groups in total. The smallest absolute Gasteiger partial charge is 0.160 e. The number of benzene rings is 7. The van der Waals surface area contributed by atoms with Gasteiger partial charge in [-0.15, -0.1) is 11.3 Å². The van der Waals surface area contributed by atoms with Crippen LogP contribution in [0.25, 0.3) is 92.7 Å². The Hall–Kier alpha value is -6.36. The number of aromatic nitrogens is 3. The fraction of sp³-hybridized carbons (Fsp3) is 0. The normalized spacial score (nSPS) is 11.6. The van der Waals surface area contributed by atoms with E-state index in [1.807, 2.05) is 24.3 Å². The standard InChI is InChI=1S/C46H29N3S/c1-4-14-30(15-5-1)43-45-44(48-46(47-43)31-16-6-2-7-17-31)38-29-33(26-27-41(38)50-45)32-18-12-19-34(28-32)36-23-13-25-40-42(36)37-22-10-11-24-39(37)49(40)35-20-8-3-9-21-35/h1-29H. The van der Waals surface area contributed by atoms with Gasteiger partial charge in [0, 0.05) is 37.7 Å². The van der Waals surface area contributed by atoms with Crippen molar-refractivity contribution in [2.75, 3.05) is 0 Å². The maximum Gasteiger partial charge on any atom is 0.160 e. The molecule has 0 aliphatic carbocycles. The van der Waals surface area contributed by atoms with E-state index in [9.17, 15) is 0 Å². The van der Waals surface area contributed by atoms with Crippen molar-refractivity contribution in [1.82, 2.24) is 14.5 Å². The number of rotatable bonds is 5. The van der Waals surface area contributed by atoms with Gasteiger partial charge in [0.25, 0.3) is 0 Å². The molecule has 0 amide bonds. The average molecular weight is 656 g/mol. The molecule has 0 unspecified atom stereocenters. The van der Waals surface area contributed by atoms with E-state index < -0.39 is 0 Å². The highest BCUT2D eigenvalue weighted by molar-refractivity contribution is 7.26. The summed E-state index contributed by atoms with van der Waals surface area (Å²) in [5, 5.41) is 3.67. The molecule has 7 aromatic carbocycles. The lowest BCUT2D eigenvalue weighted by molar-refractivity contribution is 1.18. The second-order valence-corrected chi connectivity index (χ2v) is 13.6. The topological polar surface area (TPSA) is 30.7 Å². The van der Waals surface area contributed by atoms with Crippen LogP contribution in [0.1, 0.15) is 0 Å². The highest BCUT2D eigenvalue weighted by atomic mass is 32.1. The van der Waals surface area contributed by atoms with Crippen LogP contribution in [0.2, 0.25) is 0 Å². The van der Waals surface area contributed by atoms with Crippen molar-refractivity contribution in [3.63, 3.8) is 0 Å².